The van der Waals surface area contributed by atoms with Crippen LogP contribution in [0.15, 0.2) is 83.5 Å². The fourth-order valence-corrected chi connectivity index (χ4v) is 5.26. The second-order valence-corrected chi connectivity index (χ2v) is 8.86. The SMILES string of the molecule is COc1ccccc1/C=C1/N=C(c2sc3ccccc3c2Cl)N(c2cccc(C)c2)C1=O. The first-order chi connectivity index (χ1) is 15.6. The third-order valence-corrected chi connectivity index (χ3v) is 6.96. The third kappa shape index (κ3) is 3.49. The number of nitrogens with zero attached hydrogens (tertiary/aromatic N) is 2. The third-order valence-electron chi connectivity index (χ3n) is 5.29. The van der Waals surface area contributed by atoms with Gasteiger partial charge in [0.2, 0.25) is 0 Å². The van der Waals surface area contributed by atoms with E-state index in [1.165, 1.54) is 11.3 Å². The van der Waals surface area contributed by atoms with Crippen molar-refractivity contribution in [2.75, 3.05) is 12.0 Å². The molecule has 6 heteroatoms. The average Bonchev–Trinajstić information content (AvgIpc) is 3.31. The van der Waals surface area contributed by atoms with Gasteiger partial charge in [0.1, 0.15) is 11.4 Å². The maximum atomic E-state index is 13.6. The van der Waals surface area contributed by atoms with Crippen LogP contribution in [0.1, 0.15) is 16.0 Å². The number of aliphatic imine (C=N–C) groups is 1. The number of aryl methyl sites for hydroxylation is 1. The maximum Gasteiger partial charge on any atom is 0.282 e. The number of fused-ring (bicyclic) bond motifs is 1. The fraction of sp³-hybridized carbons (Fsp3) is 0.0769. The fourth-order valence-electron chi connectivity index (χ4n) is 3.77. The van der Waals surface area contributed by atoms with Crippen LogP contribution in [0.3, 0.4) is 0 Å². The highest BCUT2D eigenvalue weighted by atomic mass is 35.5. The van der Waals surface area contributed by atoms with E-state index in [0.29, 0.717) is 22.3 Å². The maximum absolute atomic E-state index is 13.6. The van der Waals surface area contributed by atoms with Crippen molar-refractivity contribution in [1.82, 2.24) is 0 Å². The summed E-state index contributed by atoms with van der Waals surface area (Å²) in [4.78, 5) is 20.8. The highest BCUT2D eigenvalue weighted by molar-refractivity contribution is 7.21. The molecule has 4 aromatic rings. The summed E-state index contributed by atoms with van der Waals surface area (Å²) in [6.45, 7) is 2.00. The van der Waals surface area contributed by atoms with Gasteiger partial charge in [0.15, 0.2) is 5.84 Å². The van der Waals surface area contributed by atoms with Crippen LogP contribution in [0.4, 0.5) is 5.69 Å². The van der Waals surface area contributed by atoms with E-state index in [-0.39, 0.29) is 5.91 Å². The number of hydrogen-bond donors (Lipinski definition) is 0. The monoisotopic (exact) mass is 458 g/mol. The molecule has 1 aliphatic rings. The number of rotatable bonds is 4. The lowest BCUT2D eigenvalue weighted by Crippen LogP contribution is -2.32. The lowest BCUT2D eigenvalue weighted by atomic mass is 10.1. The smallest absolute Gasteiger partial charge is 0.282 e. The molecule has 1 aromatic heterocycles. The number of para-hydroxylation sites is 1. The molecular weight excluding hydrogens is 440 g/mol. The van der Waals surface area contributed by atoms with E-state index in [4.69, 9.17) is 21.3 Å². The number of halogens is 1. The molecule has 0 bridgehead atoms. The Balaban J connectivity index is 1.71. The highest BCUT2D eigenvalue weighted by Crippen LogP contribution is 2.39. The molecular formula is C26H19ClN2O2S. The van der Waals surface area contributed by atoms with Gasteiger partial charge in [-0.1, -0.05) is 60.1 Å². The zero-order chi connectivity index (χ0) is 22.2. The molecule has 0 saturated carbocycles. The van der Waals surface area contributed by atoms with Gasteiger partial charge in [-0.2, -0.15) is 0 Å². The van der Waals surface area contributed by atoms with E-state index in [1.54, 1.807) is 18.1 Å². The Morgan fingerprint density at radius 1 is 1.03 bits per heavy atom. The molecule has 2 heterocycles. The summed E-state index contributed by atoms with van der Waals surface area (Å²) in [5.74, 6) is 1.01. The number of carbonyl (C=O) groups is 1. The van der Waals surface area contributed by atoms with Crippen LogP contribution in [0.2, 0.25) is 5.02 Å². The van der Waals surface area contributed by atoms with Gasteiger partial charge < -0.3 is 4.74 Å². The molecule has 4 nitrogen and oxygen atoms in total. The molecule has 1 amide bonds. The van der Waals surface area contributed by atoms with Crippen LogP contribution in [-0.4, -0.2) is 18.9 Å². The van der Waals surface area contributed by atoms with Gasteiger partial charge in [-0.05, 0) is 42.8 Å². The minimum absolute atomic E-state index is 0.204. The molecule has 0 saturated heterocycles. The molecule has 32 heavy (non-hydrogen) atoms. The van der Waals surface area contributed by atoms with Gasteiger partial charge in [-0.25, -0.2) is 4.99 Å². The quantitative estimate of drug-likeness (QED) is 0.319. The Bertz CT molecular complexity index is 1420. The predicted molar refractivity (Wildman–Crippen MR) is 133 cm³/mol. The number of hydrogen-bond acceptors (Lipinski definition) is 4. The van der Waals surface area contributed by atoms with Gasteiger partial charge in [-0.15, -0.1) is 11.3 Å². The van der Waals surface area contributed by atoms with Crippen LogP contribution in [-0.2, 0) is 4.79 Å². The van der Waals surface area contributed by atoms with Crippen molar-refractivity contribution < 1.29 is 9.53 Å². The Hall–Kier alpha value is -3.41. The zero-order valence-electron chi connectivity index (χ0n) is 17.5. The molecule has 0 N–H and O–H groups in total. The number of methoxy groups -OCH3 is 1. The molecule has 158 valence electrons. The van der Waals surface area contributed by atoms with Crippen molar-refractivity contribution in [3.05, 3.63) is 99.5 Å². The van der Waals surface area contributed by atoms with Gasteiger partial charge in [0, 0.05) is 15.6 Å². The highest BCUT2D eigenvalue weighted by Gasteiger charge is 2.35. The summed E-state index contributed by atoms with van der Waals surface area (Å²) in [5, 5.41) is 1.56. The van der Waals surface area contributed by atoms with Crippen molar-refractivity contribution in [1.29, 1.82) is 0 Å². The Kier molecular flexibility index (Phi) is 5.29. The van der Waals surface area contributed by atoms with Crippen LogP contribution >= 0.6 is 22.9 Å². The Morgan fingerprint density at radius 3 is 2.59 bits per heavy atom. The van der Waals surface area contributed by atoms with E-state index in [0.717, 1.165) is 31.8 Å². The minimum Gasteiger partial charge on any atom is -0.496 e. The van der Waals surface area contributed by atoms with Crippen LogP contribution in [0, 0.1) is 6.92 Å². The van der Waals surface area contributed by atoms with Crippen molar-refractivity contribution in [2.45, 2.75) is 6.92 Å². The summed E-state index contributed by atoms with van der Waals surface area (Å²) in [6, 6.07) is 23.3. The second kappa shape index (κ2) is 8.26. The van der Waals surface area contributed by atoms with E-state index in [1.807, 2.05) is 79.7 Å². The number of amidine groups is 1. The first-order valence-corrected chi connectivity index (χ1v) is 11.3. The Labute approximate surface area is 195 Å². The summed E-state index contributed by atoms with van der Waals surface area (Å²) in [7, 11) is 1.61. The number of benzene rings is 3. The standard InChI is InChI=1S/C26H19ClN2O2S/c1-16-8-7-10-18(14-16)29-25(24-23(27)19-11-4-6-13-22(19)32-24)28-20(26(29)30)15-17-9-3-5-12-21(17)31-2/h3-15H,1-2H3/b20-15+. The molecule has 0 atom stereocenters. The van der Waals surface area contributed by atoms with Gasteiger partial charge in [0.05, 0.1) is 22.7 Å². The van der Waals surface area contributed by atoms with E-state index in [2.05, 4.69) is 0 Å². The molecule has 0 spiro atoms. The van der Waals surface area contributed by atoms with Crippen LogP contribution < -0.4 is 9.64 Å². The number of anilines is 1. The molecule has 0 aliphatic carbocycles. The van der Waals surface area contributed by atoms with Crippen molar-refractivity contribution in [2.24, 2.45) is 4.99 Å². The molecule has 0 radical (unpaired) electrons. The number of thiophene rings is 1. The molecule has 5 rings (SSSR count). The topological polar surface area (TPSA) is 41.9 Å². The van der Waals surface area contributed by atoms with Gasteiger partial charge >= 0.3 is 0 Å². The first kappa shape index (κ1) is 20.5. The van der Waals surface area contributed by atoms with Crippen molar-refractivity contribution in [3.8, 4) is 5.75 Å². The summed E-state index contributed by atoms with van der Waals surface area (Å²) < 4.78 is 6.50. The van der Waals surface area contributed by atoms with Gasteiger partial charge in [-0.3, -0.25) is 9.69 Å². The van der Waals surface area contributed by atoms with Crippen molar-refractivity contribution in [3.63, 3.8) is 0 Å². The van der Waals surface area contributed by atoms with Crippen LogP contribution in [0.25, 0.3) is 16.2 Å². The number of carbonyl (C=O) groups excluding carboxylic acids is 1. The molecule has 0 unspecified atom stereocenters. The summed E-state index contributed by atoms with van der Waals surface area (Å²) in [5.41, 5.74) is 2.93. The molecule has 3 aromatic carbocycles. The summed E-state index contributed by atoms with van der Waals surface area (Å²) in [6.07, 6.45) is 1.76. The lowest BCUT2D eigenvalue weighted by molar-refractivity contribution is -0.113. The van der Waals surface area contributed by atoms with Crippen molar-refractivity contribution >= 4 is 56.5 Å². The number of amides is 1. The van der Waals surface area contributed by atoms with E-state index >= 15 is 0 Å². The minimum atomic E-state index is -0.204. The van der Waals surface area contributed by atoms with E-state index < -0.39 is 0 Å². The van der Waals surface area contributed by atoms with Crippen LogP contribution in [0.5, 0.6) is 5.75 Å². The average molecular weight is 459 g/mol. The second-order valence-electron chi connectivity index (χ2n) is 7.43. The first-order valence-electron chi connectivity index (χ1n) is 10.1. The van der Waals surface area contributed by atoms with Gasteiger partial charge in [0.25, 0.3) is 5.91 Å². The number of ether oxygens (including phenoxy) is 1. The zero-order valence-corrected chi connectivity index (χ0v) is 19.1. The summed E-state index contributed by atoms with van der Waals surface area (Å²) >= 11 is 8.31. The normalized spacial score (nSPS) is 15.0. The Morgan fingerprint density at radius 2 is 1.81 bits per heavy atom. The molecule has 0 fully saturated rings. The largest absolute Gasteiger partial charge is 0.496 e. The van der Waals surface area contributed by atoms with E-state index in [9.17, 15) is 4.79 Å². The predicted octanol–water partition coefficient (Wildman–Crippen LogP) is 6.71. The molecule has 1 aliphatic heterocycles. The lowest BCUT2D eigenvalue weighted by Gasteiger charge is -2.18.